The van der Waals surface area contributed by atoms with Gasteiger partial charge in [0, 0.05) is 15.2 Å². The molecule has 20 heavy (non-hydrogen) atoms. The van der Waals surface area contributed by atoms with Gasteiger partial charge >= 0.3 is 0 Å². The summed E-state index contributed by atoms with van der Waals surface area (Å²) in [5.74, 6) is 0.143. The summed E-state index contributed by atoms with van der Waals surface area (Å²) in [5, 5.41) is 0. The molecule has 2 nitrogen and oxygen atoms in total. The van der Waals surface area contributed by atoms with Crippen molar-refractivity contribution in [2.24, 2.45) is 0 Å². The number of carbonyl (C=O) groups is 1. The minimum atomic E-state index is 0. The number of hydrogen-bond acceptors (Lipinski definition) is 2. The van der Waals surface area contributed by atoms with Crippen LogP contribution < -0.4 is 21.5 Å². The molecule has 0 spiro atoms. The molecule has 2 aromatic carbocycles. The molecule has 0 fully saturated rings. The number of aromatic nitrogens is 1. The standard InChI is InChI=1S/C15H11INOS.BrH/c16-12-7-5-11(6-8-12)14(18)9-17-10-19-15-4-2-1-3-13(15)17;/h1-8,10H,9H2;1H/q+1;/p-1. The average molecular weight is 460 g/mol. The third-order valence-electron chi connectivity index (χ3n) is 2.96. The second-order valence-corrected chi connectivity index (χ2v) is 6.38. The topological polar surface area (TPSA) is 20.9 Å². The fourth-order valence-corrected chi connectivity index (χ4v) is 3.23. The molecule has 0 radical (unpaired) electrons. The van der Waals surface area contributed by atoms with Gasteiger partial charge in [0.1, 0.15) is 4.70 Å². The van der Waals surface area contributed by atoms with Crippen LogP contribution in [0.25, 0.3) is 10.2 Å². The zero-order valence-corrected chi connectivity index (χ0v) is 15.0. The molecule has 3 aromatic rings. The molecule has 0 atom stereocenters. The Kier molecular flexibility index (Phi) is 5.29. The number of benzene rings is 2. The lowest BCUT2D eigenvalue weighted by Gasteiger charge is -1.97. The van der Waals surface area contributed by atoms with Gasteiger partial charge in [0.2, 0.25) is 23.4 Å². The number of fused-ring (bicyclic) bond motifs is 1. The van der Waals surface area contributed by atoms with Crippen LogP contribution in [0.2, 0.25) is 0 Å². The first-order valence-corrected chi connectivity index (χ1v) is 7.84. The van der Waals surface area contributed by atoms with E-state index < -0.39 is 0 Å². The number of carbonyl (C=O) groups excluding carboxylic acids is 1. The SMILES string of the molecule is O=C(C[n+]1csc2ccccc21)c1ccc(I)cc1.[Br-]. The van der Waals surface area contributed by atoms with Crippen LogP contribution in [0.15, 0.2) is 54.0 Å². The largest absolute Gasteiger partial charge is 1.00 e. The number of hydrogen-bond donors (Lipinski definition) is 0. The quantitative estimate of drug-likeness (QED) is 0.320. The Labute approximate surface area is 145 Å². The lowest BCUT2D eigenvalue weighted by molar-refractivity contribution is -0.652. The normalized spacial score (nSPS) is 10.2. The molecule has 0 aliphatic heterocycles. The Balaban J connectivity index is 0.00000147. The summed E-state index contributed by atoms with van der Waals surface area (Å²) in [6.07, 6.45) is 0. The van der Waals surface area contributed by atoms with Gasteiger partial charge in [0.15, 0.2) is 0 Å². The van der Waals surface area contributed by atoms with E-state index in [1.54, 1.807) is 11.3 Å². The summed E-state index contributed by atoms with van der Waals surface area (Å²) in [6, 6.07) is 15.8. The number of rotatable bonds is 3. The maximum atomic E-state index is 12.2. The summed E-state index contributed by atoms with van der Waals surface area (Å²) < 4.78 is 4.36. The van der Waals surface area contributed by atoms with Gasteiger partial charge < -0.3 is 17.0 Å². The van der Waals surface area contributed by atoms with Crippen LogP contribution in [0.4, 0.5) is 0 Å². The number of para-hydroxylation sites is 1. The Bertz CT molecular complexity index is 739. The molecule has 0 saturated carbocycles. The van der Waals surface area contributed by atoms with E-state index in [1.165, 1.54) is 4.70 Å². The summed E-state index contributed by atoms with van der Waals surface area (Å²) in [5.41, 5.74) is 3.89. The first-order valence-electron chi connectivity index (χ1n) is 5.88. The van der Waals surface area contributed by atoms with Crippen molar-refractivity contribution in [3.05, 3.63) is 63.2 Å². The first-order chi connectivity index (χ1) is 9.24. The van der Waals surface area contributed by atoms with Gasteiger partial charge in [0.05, 0.1) is 0 Å². The molecule has 0 N–H and O–H groups in total. The van der Waals surface area contributed by atoms with Gasteiger partial charge in [-0.25, -0.2) is 0 Å². The molecule has 0 bridgehead atoms. The highest BCUT2D eigenvalue weighted by Gasteiger charge is 2.16. The van der Waals surface area contributed by atoms with Crippen LogP contribution in [-0.2, 0) is 6.54 Å². The van der Waals surface area contributed by atoms with Crippen molar-refractivity contribution in [1.29, 1.82) is 0 Å². The minimum absolute atomic E-state index is 0. The molecule has 5 heteroatoms. The summed E-state index contributed by atoms with van der Waals surface area (Å²) in [6.45, 7) is 0.393. The predicted octanol–water partition coefficient (Wildman–Crippen LogP) is 0.680. The van der Waals surface area contributed by atoms with Crippen molar-refractivity contribution in [1.82, 2.24) is 0 Å². The van der Waals surface area contributed by atoms with E-state index >= 15 is 0 Å². The Hall–Kier alpha value is -0.790. The van der Waals surface area contributed by atoms with Gasteiger partial charge in [-0.3, -0.25) is 4.79 Å². The third-order valence-corrected chi connectivity index (χ3v) is 4.64. The molecule has 1 aromatic heterocycles. The van der Waals surface area contributed by atoms with E-state index in [4.69, 9.17) is 0 Å². The van der Waals surface area contributed by atoms with Crippen LogP contribution in [0.1, 0.15) is 10.4 Å². The monoisotopic (exact) mass is 459 g/mol. The highest BCUT2D eigenvalue weighted by molar-refractivity contribution is 14.1. The van der Waals surface area contributed by atoms with E-state index in [2.05, 4.69) is 28.7 Å². The van der Waals surface area contributed by atoms with Gasteiger partial charge in [-0.2, -0.15) is 4.57 Å². The smallest absolute Gasteiger partial charge is 0.227 e. The van der Waals surface area contributed by atoms with Crippen molar-refractivity contribution in [2.45, 2.75) is 6.54 Å². The molecule has 0 unspecified atom stereocenters. The zero-order chi connectivity index (χ0) is 13.2. The van der Waals surface area contributed by atoms with Crippen LogP contribution >= 0.6 is 33.9 Å². The number of Topliss-reactive ketones (excluding diaryl/α,β-unsaturated/α-hetero) is 1. The molecule has 102 valence electrons. The Morgan fingerprint density at radius 2 is 1.80 bits per heavy atom. The maximum Gasteiger partial charge on any atom is 0.227 e. The lowest BCUT2D eigenvalue weighted by Crippen LogP contribution is -3.00. The van der Waals surface area contributed by atoms with Crippen LogP contribution in [0.3, 0.4) is 0 Å². The van der Waals surface area contributed by atoms with Crippen molar-refractivity contribution in [3.8, 4) is 0 Å². The van der Waals surface area contributed by atoms with E-state index in [0.29, 0.717) is 6.54 Å². The molecule has 3 rings (SSSR count). The molecule has 0 aliphatic carbocycles. The first kappa shape index (κ1) is 15.6. The number of nitrogens with zero attached hydrogens (tertiary/aromatic N) is 1. The van der Waals surface area contributed by atoms with Crippen molar-refractivity contribution >= 4 is 49.9 Å². The predicted molar refractivity (Wildman–Crippen MR) is 85.5 cm³/mol. The molecular formula is C15H11BrINOS. The third kappa shape index (κ3) is 3.27. The van der Waals surface area contributed by atoms with Gasteiger partial charge in [-0.15, -0.1) is 0 Å². The highest BCUT2D eigenvalue weighted by atomic mass is 127. The van der Waals surface area contributed by atoms with E-state index in [1.807, 2.05) is 52.5 Å². The summed E-state index contributed by atoms with van der Waals surface area (Å²) >= 11 is 3.90. The second kappa shape index (κ2) is 6.78. The molecule has 0 saturated heterocycles. The highest BCUT2D eigenvalue weighted by Crippen LogP contribution is 2.15. The zero-order valence-electron chi connectivity index (χ0n) is 10.4. The van der Waals surface area contributed by atoms with Crippen molar-refractivity contribution in [3.63, 3.8) is 0 Å². The van der Waals surface area contributed by atoms with Crippen molar-refractivity contribution in [2.75, 3.05) is 0 Å². The van der Waals surface area contributed by atoms with Gasteiger partial charge in [-0.05, 0) is 40.8 Å². The lowest BCUT2D eigenvalue weighted by atomic mass is 10.1. The number of halogens is 2. The minimum Gasteiger partial charge on any atom is -1.00 e. The molecular weight excluding hydrogens is 449 g/mol. The summed E-state index contributed by atoms with van der Waals surface area (Å²) in [7, 11) is 0. The Morgan fingerprint density at radius 1 is 1.10 bits per heavy atom. The van der Waals surface area contributed by atoms with Crippen molar-refractivity contribution < 1.29 is 26.3 Å². The average Bonchev–Trinajstić information content (AvgIpc) is 2.83. The second-order valence-electron chi connectivity index (χ2n) is 4.25. The molecule has 0 aliphatic rings. The van der Waals surface area contributed by atoms with E-state index in [9.17, 15) is 4.79 Å². The van der Waals surface area contributed by atoms with Gasteiger partial charge in [0.25, 0.3) is 0 Å². The molecule has 0 amide bonds. The van der Waals surface area contributed by atoms with E-state index in [0.717, 1.165) is 14.7 Å². The Morgan fingerprint density at radius 3 is 2.55 bits per heavy atom. The molecule has 1 heterocycles. The number of ketones is 1. The summed E-state index contributed by atoms with van der Waals surface area (Å²) in [4.78, 5) is 12.2. The number of thiazole rings is 1. The van der Waals surface area contributed by atoms with Gasteiger partial charge in [-0.1, -0.05) is 35.6 Å². The van der Waals surface area contributed by atoms with Crippen LogP contribution in [0.5, 0.6) is 0 Å². The van der Waals surface area contributed by atoms with Crippen LogP contribution in [-0.4, -0.2) is 5.78 Å². The maximum absolute atomic E-state index is 12.2. The van der Waals surface area contributed by atoms with E-state index in [-0.39, 0.29) is 22.8 Å². The fourth-order valence-electron chi connectivity index (χ4n) is 1.98. The van der Waals surface area contributed by atoms with Crippen LogP contribution in [0, 0.1) is 3.57 Å². The fraction of sp³-hybridized carbons (Fsp3) is 0.0667.